The minimum absolute atomic E-state index is 0.382. The molecule has 0 aromatic carbocycles. The van der Waals surface area contributed by atoms with E-state index in [4.69, 9.17) is 26.6 Å². The molecule has 6 nitrogen and oxygen atoms in total. The zero-order chi connectivity index (χ0) is 11.9. The molecule has 7 heteroatoms. The molecule has 0 bridgehead atoms. The average Bonchev–Trinajstić information content (AvgIpc) is 2.49. The van der Waals surface area contributed by atoms with Crippen LogP contribution in [0.2, 0.25) is 0 Å². The lowest BCUT2D eigenvalue weighted by Gasteiger charge is -2.29. The van der Waals surface area contributed by atoms with E-state index in [1.54, 1.807) is 13.8 Å². The van der Waals surface area contributed by atoms with Crippen LogP contribution >= 0.6 is 11.6 Å². The summed E-state index contributed by atoms with van der Waals surface area (Å²) in [6.07, 6.45) is -0.538. The van der Waals surface area contributed by atoms with Crippen LogP contribution in [0.1, 0.15) is 13.8 Å². The lowest BCUT2D eigenvalue weighted by atomic mass is 9.94. The van der Waals surface area contributed by atoms with Gasteiger partial charge in [-0.3, -0.25) is 0 Å². The van der Waals surface area contributed by atoms with Crippen molar-refractivity contribution in [3.63, 3.8) is 0 Å². The highest BCUT2D eigenvalue weighted by molar-refractivity contribution is 6.30. The summed E-state index contributed by atoms with van der Waals surface area (Å²) < 4.78 is 11.2. The van der Waals surface area contributed by atoms with Crippen molar-refractivity contribution < 1.29 is 14.6 Å². The number of aliphatic hydroxyl groups excluding tert-OH is 1. The second-order valence-electron chi connectivity index (χ2n) is 4.26. The number of ether oxygens (including phenoxy) is 2. The molecule has 88 valence electrons. The fraction of sp³-hybridized carbons (Fsp3) is 0.778. The highest BCUT2D eigenvalue weighted by Gasteiger charge is 2.50. The van der Waals surface area contributed by atoms with Gasteiger partial charge in [0.05, 0.1) is 12.1 Å². The van der Waals surface area contributed by atoms with Crippen molar-refractivity contribution in [2.75, 3.05) is 0 Å². The molecule has 1 heterocycles. The Morgan fingerprint density at radius 2 is 2.25 bits per heavy atom. The van der Waals surface area contributed by atoms with Crippen LogP contribution in [0.5, 0.6) is 0 Å². The van der Waals surface area contributed by atoms with Crippen molar-refractivity contribution in [3.8, 4) is 0 Å². The first kappa shape index (κ1) is 11.7. The van der Waals surface area contributed by atoms with Crippen molar-refractivity contribution in [1.82, 2.24) is 0 Å². The topological polar surface area (TPSA) is 87.5 Å². The van der Waals surface area contributed by atoms with E-state index in [1.165, 1.54) is 6.08 Å². The smallest absolute Gasteiger partial charge is 0.164 e. The van der Waals surface area contributed by atoms with Gasteiger partial charge in [-0.25, -0.2) is 0 Å². The van der Waals surface area contributed by atoms with Gasteiger partial charge in [0.15, 0.2) is 5.79 Å². The van der Waals surface area contributed by atoms with Gasteiger partial charge < -0.3 is 14.6 Å². The molecule has 0 unspecified atom stereocenters. The Hall–Kier alpha value is -0.780. The van der Waals surface area contributed by atoms with Crippen molar-refractivity contribution in [1.29, 1.82) is 0 Å². The van der Waals surface area contributed by atoms with Gasteiger partial charge in [-0.15, -0.1) is 0 Å². The summed E-state index contributed by atoms with van der Waals surface area (Å²) in [5, 5.41) is 13.6. The molecule has 1 N–H and O–H groups in total. The molecule has 16 heavy (non-hydrogen) atoms. The molecule has 0 saturated carbocycles. The molecule has 0 amide bonds. The van der Waals surface area contributed by atoms with E-state index in [9.17, 15) is 5.11 Å². The van der Waals surface area contributed by atoms with Gasteiger partial charge in [0.1, 0.15) is 12.2 Å². The number of nitrogens with zero attached hydrogens (tertiary/aromatic N) is 3. The second-order valence-corrected chi connectivity index (χ2v) is 4.69. The van der Waals surface area contributed by atoms with Gasteiger partial charge in [0.2, 0.25) is 0 Å². The van der Waals surface area contributed by atoms with Crippen LogP contribution in [0.15, 0.2) is 16.2 Å². The summed E-state index contributed by atoms with van der Waals surface area (Å²) >= 11 is 5.97. The monoisotopic (exact) mass is 245 g/mol. The SMILES string of the molecule is CC1(C)O[C@H]2[C@H](N=[N+]=[N-])[C@H](O)C=C(Cl)[C@H]2O1. The molecule has 1 saturated heterocycles. The van der Waals surface area contributed by atoms with E-state index < -0.39 is 30.1 Å². The van der Waals surface area contributed by atoms with Crippen molar-refractivity contribution in [2.45, 2.75) is 44.0 Å². The third-order valence-corrected chi connectivity index (χ3v) is 2.94. The summed E-state index contributed by atoms with van der Waals surface area (Å²) in [4.78, 5) is 2.70. The third kappa shape index (κ3) is 1.90. The van der Waals surface area contributed by atoms with Crippen LogP contribution in [0.25, 0.3) is 10.4 Å². The zero-order valence-electron chi connectivity index (χ0n) is 8.87. The Morgan fingerprint density at radius 3 is 2.88 bits per heavy atom. The zero-order valence-corrected chi connectivity index (χ0v) is 9.63. The maximum Gasteiger partial charge on any atom is 0.164 e. The molecule has 0 aromatic heterocycles. The molecule has 0 radical (unpaired) electrons. The van der Waals surface area contributed by atoms with E-state index in [0.717, 1.165) is 0 Å². The number of fused-ring (bicyclic) bond motifs is 1. The van der Waals surface area contributed by atoms with Crippen LogP contribution in [0, 0.1) is 0 Å². The van der Waals surface area contributed by atoms with Crippen LogP contribution in [-0.2, 0) is 9.47 Å². The maximum atomic E-state index is 9.73. The molecule has 1 aliphatic heterocycles. The van der Waals surface area contributed by atoms with Crippen molar-refractivity contribution in [2.24, 2.45) is 5.11 Å². The Labute approximate surface area is 97.4 Å². The van der Waals surface area contributed by atoms with E-state index in [0.29, 0.717) is 5.03 Å². The summed E-state index contributed by atoms with van der Waals surface area (Å²) in [5.41, 5.74) is 8.45. The number of hydrogen-bond donors (Lipinski definition) is 1. The van der Waals surface area contributed by atoms with Crippen LogP contribution in [0.4, 0.5) is 0 Å². The highest BCUT2D eigenvalue weighted by Crippen LogP contribution is 2.39. The van der Waals surface area contributed by atoms with Gasteiger partial charge in [0, 0.05) is 9.94 Å². The van der Waals surface area contributed by atoms with E-state index in [2.05, 4.69) is 10.0 Å². The first-order valence-corrected chi connectivity index (χ1v) is 5.27. The predicted octanol–water partition coefficient (Wildman–Crippen LogP) is 1.68. The van der Waals surface area contributed by atoms with Crippen molar-refractivity contribution >= 4 is 11.6 Å². The minimum Gasteiger partial charge on any atom is -0.388 e. The summed E-state index contributed by atoms with van der Waals surface area (Å²) in [6, 6.07) is -0.709. The molecule has 4 atom stereocenters. The molecule has 1 fully saturated rings. The number of rotatable bonds is 1. The molecular formula is C9H12ClN3O3. The lowest BCUT2D eigenvalue weighted by Crippen LogP contribution is -2.44. The van der Waals surface area contributed by atoms with Crippen LogP contribution < -0.4 is 0 Å². The molecule has 2 aliphatic rings. The van der Waals surface area contributed by atoms with Crippen LogP contribution in [-0.4, -0.2) is 35.2 Å². The fourth-order valence-corrected chi connectivity index (χ4v) is 2.29. The molecule has 0 spiro atoms. The normalized spacial score (nSPS) is 40.9. The third-order valence-electron chi connectivity index (χ3n) is 2.60. The fourth-order valence-electron chi connectivity index (χ4n) is 2.00. The summed E-state index contributed by atoms with van der Waals surface area (Å²) in [6.45, 7) is 3.49. The number of azide groups is 1. The van der Waals surface area contributed by atoms with Gasteiger partial charge in [-0.05, 0) is 25.5 Å². The standard InChI is InChI=1S/C9H12ClN3O3/c1-9(2)15-7-4(10)3-5(14)6(12-13-11)8(7)16-9/h3,5-8,14H,1-2H3/t5-,6-,7-,8+/m1/s1. The van der Waals surface area contributed by atoms with Gasteiger partial charge >= 0.3 is 0 Å². The molecular weight excluding hydrogens is 234 g/mol. The number of halogens is 1. The Balaban J connectivity index is 2.34. The molecule has 1 aliphatic carbocycles. The number of aliphatic hydroxyl groups is 1. The maximum absolute atomic E-state index is 9.73. The largest absolute Gasteiger partial charge is 0.388 e. The van der Waals surface area contributed by atoms with Gasteiger partial charge in [-0.2, -0.15) is 0 Å². The Morgan fingerprint density at radius 1 is 1.56 bits per heavy atom. The lowest BCUT2D eigenvalue weighted by molar-refractivity contribution is -0.145. The van der Waals surface area contributed by atoms with Crippen LogP contribution in [0.3, 0.4) is 0 Å². The van der Waals surface area contributed by atoms with E-state index in [-0.39, 0.29) is 0 Å². The highest BCUT2D eigenvalue weighted by atomic mass is 35.5. The summed E-state index contributed by atoms with van der Waals surface area (Å²) in [7, 11) is 0. The van der Waals surface area contributed by atoms with E-state index in [1.807, 2.05) is 0 Å². The molecule has 0 aromatic rings. The molecule has 2 rings (SSSR count). The first-order chi connectivity index (χ1) is 7.44. The Bertz CT molecular complexity index is 378. The van der Waals surface area contributed by atoms with Gasteiger partial charge in [-0.1, -0.05) is 16.7 Å². The second kappa shape index (κ2) is 3.91. The first-order valence-electron chi connectivity index (χ1n) is 4.90. The summed E-state index contributed by atoms with van der Waals surface area (Å²) in [5.74, 6) is -0.795. The van der Waals surface area contributed by atoms with E-state index >= 15 is 0 Å². The average molecular weight is 246 g/mol. The predicted molar refractivity (Wildman–Crippen MR) is 56.7 cm³/mol. The quantitative estimate of drug-likeness (QED) is 0.433. The van der Waals surface area contributed by atoms with Gasteiger partial charge in [0.25, 0.3) is 0 Å². The Kier molecular flexibility index (Phi) is 2.86. The van der Waals surface area contributed by atoms with Crippen molar-refractivity contribution in [3.05, 3.63) is 21.6 Å². The minimum atomic E-state index is -0.942. The number of hydrogen-bond acceptors (Lipinski definition) is 4.